The summed E-state index contributed by atoms with van der Waals surface area (Å²) in [6.45, 7) is 2.39. The van der Waals surface area contributed by atoms with Crippen molar-refractivity contribution < 1.29 is 9.53 Å². The molecule has 2 aromatic carbocycles. The van der Waals surface area contributed by atoms with E-state index in [1.165, 1.54) is 4.68 Å². The molecule has 5 nitrogen and oxygen atoms in total. The fraction of sp³-hybridized carbons (Fsp3) is 0.167. The Balaban J connectivity index is 2.07. The molecule has 6 heteroatoms. The van der Waals surface area contributed by atoms with Crippen molar-refractivity contribution in [2.75, 3.05) is 0 Å². The molecule has 0 atom stereocenters. The molecule has 0 aliphatic rings. The number of halogens is 1. The van der Waals surface area contributed by atoms with Crippen LogP contribution in [0.2, 0.25) is 0 Å². The lowest BCUT2D eigenvalue weighted by molar-refractivity contribution is 0.0728. The number of carbonyl (C=O) groups excluding carboxylic acids is 1. The fourth-order valence-electron chi connectivity index (χ4n) is 2.41. The van der Waals surface area contributed by atoms with Crippen LogP contribution in [0.1, 0.15) is 23.8 Å². The number of aryl methyl sites for hydroxylation is 1. The highest BCUT2D eigenvalue weighted by Gasteiger charge is 2.18. The van der Waals surface area contributed by atoms with Gasteiger partial charge in [0.15, 0.2) is 5.69 Å². The van der Waals surface area contributed by atoms with Gasteiger partial charge in [-0.05, 0) is 36.8 Å². The van der Waals surface area contributed by atoms with Gasteiger partial charge < -0.3 is 4.74 Å². The van der Waals surface area contributed by atoms with Crippen LogP contribution < -0.4 is 10.3 Å². The minimum Gasteiger partial charge on any atom is -0.422 e. The summed E-state index contributed by atoms with van der Waals surface area (Å²) in [5.41, 5.74) is -0.0609. The number of ether oxygens (including phenoxy) is 1. The van der Waals surface area contributed by atoms with Gasteiger partial charge in [0.2, 0.25) is 0 Å². The lowest BCUT2D eigenvalue weighted by Crippen LogP contribution is -2.27. The number of rotatable bonds is 4. The standard InChI is InChI=1S/C18H15BrN2O3/c1-2-11-21-17(22)15-6-4-3-5-14(15)16(20-21)18(23)24-13-9-7-12(19)8-10-13/h3-10H,2,11H2,1H3. The number of fused-ring (bicyclic) bond motifs is 1. The Morgan fingerprint density at radius 3 is 2.46 bits per heavy atom. The van der Waals surface area contributed by atoms with Gasteiger partial charge in [-0.2, -0.15) is 5.10 Å². The molecule has 122 valence electrons. The summed E-state index contributed by atoms with van der Waals surface area (Å²) < 4.78 is 7.61. The normalized spacial score (nSPS) is 10.8. The zero-order chi connectivity index (χ0) is 17.1. The largest absolute Gasteiger partial charge is 0.422 e. The third-order valence-corrected chi connectivity index (χ3v) is 4.05. The molecule has 1 aromatic heterocycles. The van der Waals surface area contributed by atoms with Gasteiger partial charge in [0.25, 0.3) is 5.56 Å². The number of carbonyl (C=O) groups is 1. The van der Waals surface area contributed by atoms with Gasteiger partial charge in [0.05, 0.1) is 5.39 Å². The summed E-state index contributed by atoms with van der Waals surface area (Å²) in [7, 11) is 0. The Kier molecular flexibility index (Phi) is 4.76. The lowest BCUT2D eigenvalue weighted by Gasteiger charge is -2.10. The number of hydrogen-bond acceptors (Lipinski definition) is 4. The maximum Gasteiger partial charge on any atom is 0.364 e. The van der Waals surface area contributed by atoms with E-state index in [0.717, 1.165) is 10.9 Å². The van der Waals surface area contributed by atoms with Crippen LogP contribution in [0.25, 0.3) is 10.8 Å². The first-order chi connectivity index (χ1) is 11.6. The van der Waals surface area contributed by atoms with E-state index < -0.39 is 5.97 Å². The third kappa shape index (κ3) is 3.23. The Hall–Kier alpha value is -2.47. The van der Waals surface area contributed by atoms with E-state index in [1.54, 1.807) is 48.5 Å². The number of aromatic nitrogens is 2. The summed E-state index contributed by atoms with van der Waals surface area (Å²) in [6, 6.07) is 13.9. The van der Waals surface area contributed by atoms with E-state index in [-0.39, 0.29) is 11.3 Å². The molecule has 0 spiro atoms. The first-order valence-corrected chi connectivity index (χ1v) is 8.37. The molecule has 0 saturated heterocycles. The molecule has 0 bridgehead atoms. The first-order valence-electron chi connectivity index (χ1n) is 7.57. The van der Waals surface area contributed by atoms with Crippen molar-refractivity contribution in [1.82, 2.24) is 9.78 Å². The number of hydrogen-bond donors (Lipinski definition) is 0. The van der Waals surface area contributed by atoms with Gasteiger partial charge in [0.1, 0.15) is 5.75 Å². The van der Waals surface area contributed by atoms with Crippen LogP contribution in [0.3, 0.4) is 0 Å². The molecule has 1 heterocycles. The second-order valence-electron chi connectivity index (χ2n) is 5.27. The van der Waals surface area contributed by atoms with Gasteiger partial charge in [-0.1, -0.05) is 41.1 Å². The lowest BCUT2D eigenvalue weighted by atomic mass is 10.1. The number of esters is 1. The quantitative estimate of drug-likeness (QED) is 0.505. The fourth-order valence-corrected chi connectivity index (χ4v) is 2.67. The van der Waals surface area contributed by atoms with E-state index >= 15 is 0 Å². The molecule has 0 amide bonds. The van der Waals surface area contributed by atoms with E-state index in [1.807, 2.05) is 6.92 Å². The molecule has 3 aromatic rings. The van der Waals surface area contributed by atoms with Crippen LogP contribution in [-0.2, 0) is 6.54 Å². The summed E-state index contributed by atoms with van der Waals surface area (Å²) in [4.78, 5) is 25.0. The van der Waals surface area contributed by atoms with Gasteiger partial charge in [-0.25, -0.2) is 9.48 Å². The van der Waals surface area contributed by atoms with Gasteiger partial charge in [-0.3, -0.25) is 4.79 Å². The monoisotopic (exact) mass is 386 g/mol. The zero-order valence-corrected chi connectivity index (χ0v) is 14.6. The Labute approximate surface area is 147 Å². The summed E-state index contributed by atoms with van der Waals surface area (Å²) in [5, 5.41) is 5.18. The smallest absolute Gasteiger partial charge is 0.364 e. The molecule has 0 aliphatic heterocycles. The third-order valence-electron chi connectivity index (χ3n) is 3.52. The average molecular weight is 387 g/mol. The van der Waals surface area contributed by atoms with Crippen molar-refractivity contribution >= 4 is 32.7 Å². The number of nitrogens with zero attached hydrogens (tertiary/aromatic N) is 2. The predicted molar refractivity (Wildman–Crippen MR) is 95.4 cm³/mol. The summed E-state index contributed by atoms with van der Waals surface area (Å²) in [5.74, 6) is -0.166. The maximum absolute atomic E-state index is 12.6. The second-order valence-corrected chi connectivity index (χ2v) is 6.18. The number of benzene rings is 2. The highest BCUT2D eigenvalue weighted by molar-refractivity contribution is 9.10. The SMILES string of the molecule is CCCn1nc(C(=O)Oc2ccc(Br)cc2)c2ccccc2c1=O. The molecular weight excluding hydrogens is 372 g/mol. The van der Waals surface area contributed by atoms with E-state index in [4.69, 9.17) is 4.74 Å². The van der Waals surface area contributed by atoms with Crippen molar-refractivity contribution in [1.29, 1.82) is 0 Å². The Morgan fingerprint density at radius 2 is 1.79 bits per heavy atom. The Bertz CT molecular complexity index is 949. The highest BCUT2D eigenvalue weighted by Crippen LogP contribution is 2.19. The first kappa shape index (κ1) is 16.4. The van der Waals surface area contributed by atoms with Crippen molar-refractivity contribution in [3.05, 3.63) is 69.1 Å². The predicted octanol–water partition coefficient (Wildman–Crippen LogP) is 3.79. The van der Waals surface area contributed by atoms with Crippen molar-refractivity contribution in [2.24, 2.45) is 0 Å². The molecule has 0 unspecified atom stereocenters. The van der Waals surface area contributed by atoms with Crippen molar-refractivity contribution in [3.63, 3.8) is 0 Å². The Morgan fingerprint density at radius 1 is 1.12 bits per heavy atom. The van der Waals surface area contributed by atoms with E-state index in [9.17, 15) is 9.59 Å². The summed E-state index contributed by atoms with van der Waals surface area (Å²) >= 11 is 3.33. The van der Waals surface area contributed by atoms with E-state index in [2.05, 4.69) is 21.0 Å². The highest BCUT2D eigenvalue weighted by atomic mass is 79.9. The van der Waals surface area contributed by atoms with E-state index in [0.29, 0.717) is 23.1 Å². The summed E-state index contributed by atoms with van der Waals surface area (Å²) in [6.07, 6.45) is 0.743. The van der Waals surface area contributed by atoms with Crippen LogP contribution in [-0.4, -0.2) is 15.7 Å². The zero-order valence-electron chi connectivity index (χ0n) is 13.0. The molecular formula is C18H15BrN2O3. The molecule has 0 saturated carbocycles. The topological polar surface area (TPSA) is 61.2 Å². The van der Waals surface area contributed by atoms with Gasteiger partial charge in [-0.15, -0.1) is 0 Å². The molecule has 0 radical (unpaired) electrons. The maximum atomic E-state index is 12.6. The molecule has 0 fully saturated rings. The van der Waals surface area contributed by atoms with Gasteiger partial charge in [0, 0.05) is 16.4 Å². The van der Waals surface area contributed by atoms with Crippen molar-refractivity contribution in [2.45, 2.75) is 19.9 Å². The van der Waals surface area contributed by atoms with Crippen LogP contribution >= 0.6 is 15.9 Å². The van der Waals surface area contributed by atoms with Crippen LogP contribution in [0.5, 0.6) is 5.75 Å². The molecule has 0 N–H and O–H groups in total. The average Bonchev–Trinajstić information content (AvgIpc) is 2.59. The molecule has 24 heavy (non-hydrogen) atoms. The van der Waals surface area contributed by atoms with Crippen LogP contribution in [0, 0.1) is 0 Å². The minimum absolute atomic E-state index is 0.140. The molecule has 3 rings (SSSR count). The van der Waals surface area contributed by atoms with Crippen molar-refractivity contribution in [3.8, 4) is 5.75 Å². The minimum atomic E-state index is -0.585. The molecule has 0 aliphatic carbocycles. The van der Waals surface area contributed by atoms with Crippen LogP contribution in [0.4, 0.5) is 0 Å². The van der Waals surface area contributed by atoms with Gasteiger partial charge >= 0.3 is 5.97 Å². The second kappa shape index (κ2) is 6.97. The van der Waals surface area contributed by atoms with Crippen LogP contribution in [0.15, 0.2) is 57.8 Å².